The molecule has 0 saturated carbocycles. The molecule has 2 aromatic carbocycles. The fraction of sp³-hybridized carbons (Fsp3) is 0. The molecule has 0 radical (unpaired) electrons. The number of hydrogen-bond donors (Lipinski definition) is 3. The molecule has 8 heteroatoms. The Morgan fingerprint density at radius 1 is 0.900 bits per heavy atom. The molecular weight excluding hydrogens is 288 g/mol. The fourth-order valence-corrected chi connectivity index (χ4v) is 2.65. The van der Waals surface area contributed by atoms with Gasteiger partial charge in [-0.15, -0.1) is 0 Å². The minimum absolute atomic E-state index is 0.160. The Hall–Kier alpha value is -2.45. The fourth-order valence-electron chi connectivity index (χ4n) is 1.96. The van der Waals surface area contributed by atoms with Crippen molar-refractivity contribution in [2.45, 2.75) is 4.90 Å². The second kappa shape index (κ2) is 4.58. The number of carboxylic acid groups (broad SMARTS) is 2. The number of hydrogen-bond acceptors (Lipinski definition) is 4. The summed E-state index contributed by atoms with van der Waals surface area (Å²) in [6.45, 7) is 0. The number of carboxylic acids is 2. The normalized spacial score (nSPS) is 11.4. The molecule has 2 rings (SSSR count). The molecule has 0 atom stereocenters. The van der Waals surface area contributed by atoms with Gasteiger partial charge in [-0.25, -0.2) is 9.59 Å². The quantitative estimate of drug-likeness (QED) is 0.731. The predicted molar refractivity (Wildman–Crippen MR) is 67.7 cm³/mol. The lowest BCUT2D eigenvalue weighted by Crippen LogP contribution is -2.07. The monoisotopic (exact) mass is 296 g/mol. The first-order valence-corrected chi connectivity index (χ1v) is 6.67. The Morgan fingerprint density at radius 3 is 1.95 bits per heavy atom. The third-order valence-electron chi connectivity index (χ3n) is 2.74. The summed E-state index contributed by atoms with van der Waals surface area (Å²) >= 11 is 0. The van der Waals surface area contributed by atoms with E-state index in [4.69, 9.17) is 14.8 Å². The highest BCUT2D eigenvalue weighted by Gasteiger charge is 2.22. The van der Waals surface area contributed by atoms with Gasteiger partial charge in [0, 0.05) is 10.8 Å². The molecular formula is C12H8O7S. The molecule has 0 amide bonds. The third-order valence-corrected chi connectivity index (χ3v) is 3.65. The Bertz CT molecular complexity index is 816. The first-order valence-electron chi connectivity index (χ1n) is 5.23. The average Bonchev–Trinajstić information content (AvgIpc) is 2.34. The van der Waals surface area contributed by atoms with Crippen LogP contribution in [-0.2, 0) is 10.1 Å². The van der Waals surface area contributed by atoms with Crippen LogP contribution in [-0.4, -0.2) is 35.1 Å². The molecule has 0 spiro atoms. The maximum absolute atomic E-state index is 11.3. The van der Waals surface area contributed by atoms with Gasteiger partial charge in [-0.1, -0.05) is 12.1 Å². The van der Waals surface area contributed by atoms with Gasteiger partial charge in [-0.05, 0) is 18.2 Å². The molecule has 0 saturated heterocycles. The van der Waals surface area contributed by atoms with E-state index in [1.165, 1.54) is 12.1 Å². The molecule has 2 aromatic rings. The summed E-state index contributed by atoms with van der Waals surface area (Å²) in [6, 6.07) is 5.53. The maximum Gasteiger partial charge on any atom is 0.336 e. The van der Waals surface area contributed by atoms with Crippen LogP contribution in [0.4, 0.5) is 0 Å². The van der Waals surface area contributed by atoms with Gasteiger partial charge < -0.3 is 10.2 Å². The minimum atomic E-state index is -4.60. The number of rotatable bonds is 3. The van der Waals surface area contributed by atoms with E-state index in [2.05, 4.69) is 0 Å². The second-order valence-corrected chi connectivity index (χ2v) is 5.31. The van der Waals surface area contributed by atoms with E-state index in [1.807, 2.05) is 0 Å². The number of carbonyl (C=O) groups is 2. The van der Waals surface area contributed by atoms with Gasteiger partial charge in [0.15, 0.2) is 0 Å². The Morgan fingerprint density at radius 2 is 1.45 bits per heavy atom. The van der Waals surface area contributed by atoms with Crippen molar-refractivity contribution in [1.29, 1.82) is 0 Å². The van der Waals surface area contributed by atoms with Gasteiger partial charge in [0.25, 0.3) is 10.1 Å². The predicted octanol–water partition coefficient (Wildman–Crippen LogP) is 1.48. The van der Waals surface area contributed by atoms with Crippen molar-refractivity contribution in [3.05, 3.63) is 41.5 Å². The smallest absolute Gasteiger partial charge is 0.336 e. The van der Waals surface area contributed by atoms with E-state index in [-0.39, 0.29) is 21.9 Å². The molecule has 0 bridgehead atoms. The summed E-state index contributed by atoms with van der Waals surface area (Å²) in [5.41, 5.74) is -0.712. The summed E-state index contributed by atoms with van der Waals surface area (Å²) in [4.78, 5) is 21.8. The van der Waals surface area contributed by atoms with Crippen LogP contribution in [0.3, 0.4) is 0 Å². The zero-order valence-electron chi connectivity index (χ0n) is 9.77. The van der Waals surface area contributed by atoms with Crippen LogP contribution in [0, 0.1) is 0 Å². The Balaban J connectivity index is 3.08. The molecule has 0 aliphatic carbocycles. The van der Waals surface area contributed by atoms with Gasteiger partial charge >= 0.3 is 11.9 Å². The van der Waals surface area contributed by atoms with Crippen LogP contribution in [0.5, 0.6) is 0 Å². The molecule has 7 nitrogen and oxygen atoms in total. The summed E-state index contributed by atoms with van der Waals surface area (Å²) in [5, 5.41) is 17.7. The largest absolute Gasteiger partial charge is 0.478 e. The van der Waals surface area contributed by atoms with Gasteiger partial charge in [0.1, 0.15) is 4.90 Å². The number of fused-ring (bicyclic) bond motifs is 1. The summed E-state index contributed by atoms with van der Waals surface area (Å²) in [6.07, 6.45) is 0. The van der Waals surface area contributed by atoms with Crippen molar-refractivity contribution in [1.82, 2.24) is 0 Å². The molecule has 0 fully saturated rings. The van der Waals surface area contributed by atoms with Crippen LogP contribution < -0.4 is 0 Å². The average molecular weight is 296 g/mol. The lowest BCUT2D eigenvalue weighted by Gasteiger charge is -2.09. The maximum atomic E-state index is 11.3. The van der Waals surface area contributed by atoms with Crippen molar-refractivity contribution in [3.63, 3.8) is 0 Å². The lowest BCUT2D eigenvalue weighted by atomic mass is 9.99. The molecule has 20 heavy (non-hydrogen) atoms. The highest BCUT2D eigenvalue weighted by molar-refractivity contribution is 7.86. The van der Waals surface area contributed by atoms with Crippen LogP contribution in [0.1, 0.15) is 20.7 Å². The highest BCUT2D eigenvalue weighted by atomic mass is 32.2. The van der Waals surface area contributed by atoms with Crippen LogP contribution in [0.25, 0.3) is 10.8 Å². The van der Waals surface area contributed by atoms with Gasteiger partial charge in [-0.2, -0.15) is 8.42 Å². The summed E-state index contributed by atoms with van der Waals surface area (Å²) < 4.78 is 31.7. The molecule has 104 valence electrons. The number of aromatic carboxylic acids is 2. The molecule has 0 aromatic heterocycles. The van der Waals surface area contributed by atoms with E-state index in [9.17, 15) is 18.0 Å². The topological polar surface area (TPSA) is 129 Å². The summed E-state index contributed by atoms with van der Waals surface area (Å²) in [7, 11) is -4.60. The molecule has 0 aliphatic heterocycles. The first-order chi connectivity index (χ1) is 9.23. The van der Waals surface area contributed by atoms with Crippen molar-refractivity contribution in [2.75, 3.05) is 0 Å². The van der Waals surface area contributed by atoms with Crippen molar-refractivity contribution in [3.8, 4) is 0 Å². The van der Waals surface area contributed by atoms with Crippen molar-refractivity contribution in [2.24, 2.45) is 0 Å². The van der Waals surface area contributed by atoms with E-state index in [0.29, 0.717) is 0 Å². The molecule has 0 aliphatic rings. The molecule has 0 unspecified atom stereocenters. The van der Waals surface area contributed by atoms with E-state index in [1.54, 1.807) is 0 Å². The highest BCUT2D eigenvalue weighted by Crippen LogP contribution is 2.29. The van der Waals surface area contributed by atoms with Crippen molar-refractivity contribution < 1.29 is 32.8 Å². The van der Waals surface area contributed by atoms with E-state index in [0.717, 1.165) is 18.2 Å². The van der Waals surface area contributed by atoms with Crippen LogP contribution in [0.15, 0.2) is 35.2 Å². The minimum Gasteiger partial charge on any atom is -0.478 e. The molecule has 0 heterocycles. The SMILES string of the molecule is O=C(O)c1cccc2c(S(=O)(=O)O)ccc(C(=O)O)c12. The summed E-state index contributed by atoms with van der Waals surface area (Å²) in [5.74, 6) is -2.80. The van der Waals surface area contributed by atoms with Crippen LogP contribution in [0.2, 0.25) is 0 Å². The van der Waals surface area contributed by atoms with Gasteiger partial charge in [0.2, 0.25) is 0 Å². The Labute approximate surface area is 112 Å². The Kier molecular flexibility index (Phi) is 3.20. The standard InChI is InChI=1S/C12H8O7S/c13-11(14)7-3-1-2-6-9(20(17,18)19)5-4-8(10(6)7)12(15)16/h1-5H,(H,13,14)(H,15,16)(H,17,18,19). The second-order valence-electron chi connectivity index (χ2n) is 3.92. The van der Waals surface area contributed by atoms with E-state index >= 15 is 0 Å². The third kappa shape index (κ3) is 2.22. The zero-order valence-corrected chi connectivity index (χ0v) is 10.6. The van der Waals surface area contributed by atoms with Crippen molar-refractivity contribution >= 4 is 32.8 Å². The lowest BCUT2D eigenvalue weighted by molar-refractivity contribution is 0.0695. The van der Waals surface area contributed by atoms with E-state index < -0.39 is 27.0 Å². The van der Waals surface area contributed by atoms with Gasteiger partial charge in [0.05, 0.1) is 11.1 Å². The molecule has 3 N–H and O–H groups in total. The van der Waals surface area contributed by atoms with Crippen LogP contribution >= 0.6 is 0 Å². The number of benzene rings is 2. The zero-order chi connectivity index (χ0) is 15.1. The van der Waals surface area contributed by atoms with Gasteiger partial charge in [-0.3, -0.25) is 4.55 Å². The first kappa shape index (κ1) is 14.0.